The number of benzene rings is 1. The largest absolute Gasteiger partial charge is 0.508 e. The number of phenols is 1. The zero-order chi connectivity index (χ0) is 25.9. The van der Waals surface area contributed by atoms with E-state index >= 15 is 0 Å². The quantitative estimate of drug-likeness (QED) is 0.618. The van der Waals surface area contributed by atoms with E-state index in [0.717, 1.165) is 51.0 Å². The Bertz CT molecular complexity index is 1260. The molecule has 198 valence electrons. The number of aromatic nitrogens is 2. The highest BCUT2D eigenvalue weighted by molar-refractivity contribution is 5.92. The normalized spacial score (nSPS) is 33.2. The number of carbonyl (C=O) groups excluding carboxylic acids is 1. The minimum Gasteiger partial charge on any atom is -0.508 e. The Morgan fingerprint density at radius 2 is 1.97 bits per heavy atom. The molecule has 7 nitrogen and oxygen atoms in total. The summed E-state index contributed by atoms with van der Waals surface area (Å²) in [5, 5.41) is 10.7. The number of nitrogens with zero attached hydrogens (tertiary/aromatic N) is 3. The highest BCUT2D eigenvalue weighted by Gasteiger charge is 2.69. The van der Waals surface area contributed by atoms with Crippen molar-refractivity contribution in [2.45, 2.75) is 82.7 Å². The van der Waals surface area contributed by atoms with Gasteiger partial charge in [0.25, 0.3) is 11.5 Å². The van der Waals surface area contributed by atoms with Crippen LogP contribution in [0.15, 0.2) is 35.4 Å². The zero-order valence-corrected chi connectivity index (χ0v) is 22.4. The Morgan fingerprint density at radius 1 is 1.19 bits per heavy atom. The monoisotopic (exact) mass is 504 g/mol. The SMILES string of the molecule is CCc1ccc(O)cc1C12CCN(CC3CC3)C(C)C13CCC(N(C)C(=O)c1cc(=O)[nH]cn1)C2CC3. The smallest absolute Gasteiger partial charge is 0.272 e. The summed E-state index contributed by atoms with van der Waals surface area (Å²) in [6, 6.07) is 7.84. The number of aromatic amines is 1. The van der Waals surface area contributed by atoms with E-state index in [-0.39, 0.29) is 34.0 Å². The lowest BCUT2D eigenvalue weighted by Crippen LogP contribution is -2.67. The van der Waals surface area contributed by atoms with Crippen molar-refractivity contribution in [1.29, 1.82) is 0 Å². The maximum Gasteiger partial charge on any atom is 0.272 e. The molecule has 7 heteroatoms. The molecule has 2 bridgehead atoms. The van der Waals surface area contributed by atoms with E-state index < -0.39 is 0 Å². The number of likely N-dealkylation sites (tertiary alicyclic amines) is 1. The third kappa shape index (κ3) is 3.68. The Morgan fingerprint density at radius 3 is 2.70 bits per heavy atom. The molecule has 5 unspecified atom stereocenters. The van der Waals surface area contributed by atoms with Crippen molar-refractivity contribution >= 4 is 5.91 Å². The predicted molar refractivity (Wildman–Crippen MR) is 143 cm³/mol. The van der Waals surface area contributed by atoms with Gasteiger partial charge in [-0.25, -0.2) is 4.98 Å². The standard InChI is InChI=1S/C30H40N4O3/c1-4-21-7-8-22(35)15-24(21)30-13-14-34(17-20-5-6-20)19(2)29(30)11-9-23(30)26(10-12-29)33(3)28(37)25-16-27(36)32-18-31-25/h7-8,15-16,18-20,23,26,35H,4-6,9-14,17H2,1-3H3,(H,31,32,36). The van der Waals surface area contributed by atoms with Crippen molar-refractivity contribution in [1.82, 2.24) is 19.8 Å². The van der Waals surface area contributed by atoms with Gasteiger partial charge in [-0.2, -0.15) is 0 Å². The maximum atomic E-state index is 13.6. The van der Waals surface area contributed by atoms with Crippen LogP contribution in [0.1, 0.15) is 80.4 Å². The van der Waals surface area contributed by atoms with Gasteiger partial charge in [-0.3, -0.25) is 14.5 Å². The topological polar surface area (TPSA) is 89.5 Å². The first-order valence-electron chi connectivity index (χ1n) is 14.2. The van der Waals surface area contributed by atoms with Crippen LogP contribution in [0.5, 0.6) is 5.75 Å². The molecule has 0 radical (unpaired) electrons. The van der Waals surface area contributed by atoms with Crippen molar-refractivity contribution in [3.8, 4) is 5.75 Å². The summed E-state index contributed by atoms with van der Waals surface area (Å²) in [7, 11) is 1.89. The van der Waals surface area contributed by atoms with E-state index in [1.54, 1.807) is 0 Å². The van der Waals surface area contributed by atoms with Gasteiger partial charge in [-0.05, 0) is 105 Å². The van der Waals surface area contributed by atoms with Gasteiger partial charge >= 0.3 is 0 Å². The Balaban J connectivity index is 1.44. The number of aromatic hydroxyl groups is 1. The lowest BCUT2D eigenvalue weighted by Gasteiger charge is -2.64. The van der Waals surface area contributed by atoms with Gasteiger partial charge in [-0.15, -0.1) is 0 Å². The molecule has 1 aliphatic heterocycles. The summed E-state index contributed by atoms with van der Waals surface area (Å²) in [6.45, 7) is 6.94. The molecule has 3 saturated carbocycles. The molecule has 1 aromatic heterocycles. The lowest BCUT2D eigenvalue weighted by atomic mass is 9.46. The van der Waals surface area contributed by atoms with Gasteiger partial charge in [0.1, 0.15) is 11.4 Å². The molecule has 6 rings (SSSR count). The molecule has 37 heavy (non-hydrogen) atoms. The molecule has 2 heterocycles. The van der Waals surface area contributed by atoms with Crippen molar-refractivity contribution in [2.24, 2.45) is 17.3 Å². The number of amides is 1. The highest BCUT2D eigenvalue weighted by atomic mass is 16.3. The Kier molecular flexibility index (Phi) is 5.98. The minimum atomic E-state index is -0.309. The van der Waals surface area contributed by atoms with Gasteiger partial charge < -0.3 is 15.0 Å². The first-order valence-corrected chi connectivity index (χ1v) is 14.2. The van der Waals surface area contributed by atoms with E-state index in [1.807, 2.05) is 18.0 Å². The van der Waals surface area contributed by atoms with Crippen molar-refractivity contribution in [2.75, 3.05) is 20.1 Å². The Labute approximate surface area is 219 Å². The van der Waals surface area contributed by atoms with Gasteiger partial charge in [0.15, 0.2) is 0 Å². The molecule has 1 aromatic carbocycles. The van der Waals surface area contributed by atoms with Gasteiger partial charge in [0, 0.05) is 37.2 Å². The zero-order valence-electron chi connectivity index (χ0n) is 22.4. The van der Waals surface area contributed by atoms with Crippen LogP contribution < -0.4 is 5.56 Å². The van der Waals surface area contributed by atoms with E-state index in [4.69, 9.17) is 0 Å². The first-order chi connectivity index (χ1) is 17.8. The number of H-pyrrole nitrogens is 1. The Hall–Kier alpha value is -2.67. The third-order valence-electron chi connectivity index (χ3n) is 10.8. The van der Waals surface area contributed by atoms with E-state index in [9.17, 15) is 14.7 Å². The molecule has 5 atom stereocenters. The number of phenolic OH excluding ortho intramolecular Hbond substituents is 1. The molecular weight excluding hydrogens is 464 g/mol. The minimum absolute atomic E-state index is 0.0680. The highest BCUT2D eigenvalue weighted by Crippen LogP contribution is 2.70. The molecule has 2 aromatic rings. The molecule has 1 saturated heterocycles. The first kappa shape index (κ1) is 24.7. The second-order valence-electron chi connectivity index (χ2n) is 12.2. The third-order valence-corrected chi connectivity index (χ3v) is 10.8. The van der Waals surface area contributed by atoms with Gasteiger partial charge in [0.2, 0.25) is 0 Å². The molecule has 3 aliphatic carbocycles. The molecule has 4 fully saturated rings. The fraction of sp³-hybridized carbons (Fsp3) is 0.633. The summed E-state index contributed by atoms with van der Waals surface area (Å²) >= 11 is 0. The van der Waals surface area contributed by atoms with Crippen LogP contribution in [-0.4, -0.2) is 63.0 Å². The second-order valence-corrected chi connectivity index (χ2v) is 12.2. The molecule has 4 aliphatic rings. The van der Waals surface area contributed by atoms with Crippen molar-refractivity contribution in [3.05, 3.63) is 57.8 Å². The molecular formula is C30H40N4O3. The summed E-state index contributed by atoms with van der Waals surface area (Å²) in [5.41, 5.74) is 2.57. The van der Waals surface area contributed by atoms with Crippen LogP contribution in [0.3, 0.4) is 0 Å². The van der Waals surface area contributed by atoms with Crippen LogP contribution in [0, 0.1) is 17.3 Å². The summed E-state index contributed by atoms with van der Waals surface area (Å²) in [6.07, 6.45) is 10.3. The van der Waals surface area contributed by atoms with Crippen LogP contribution in [0.25, 0.3) is 0 Å². The van der Waals surface area contributed by atoms with Crippen LogP contribution in [0.4, 0.5) is 0 Å². The van der Waals surface area contributed by atoms with Crippen LogP contribution in [0.2, 0.25) is 0 Å². The van der Waals surface area contributed by atoms with Crippen molar-refractivity contribution in [3.63, 3.8) is 0 Å². The molecule has 2 N–H and O–H groups in total. The summed E-state index contributed by atoms with van der Waals surface area (Å²) in [5.74, 6) is 1.31. The average Bonchev–Trinajstić information content (AvgIpc) is 3.69. The second kappa shape index (κ2) is 8.97. The van der Waals surface area contributed by atoms with E-state index in [1.165, 1.54) is 42.9 Å². The van der Waals surface area contributed by atoms with Gasteiger partial charge in [0.05, 0.1) is 6.33 Å². The van der Waals surface area contributed by atoms with E-state index in [2.05, 4.69) is 40.8 Å². The molecule has 1 amide bonds. The number of piperidine rings is 1. The van der Waals surface area contributed by atoms with Gasteiger partial charge in [-0.1, -0.05) is 13.0 Å². The number of rotatable bonds is 6. The fourth-order valence-electron chi connectivity index (χ4n) is 8.87. The summed E-state index contributed by atoms with van der Waals surface area (Å²) < 4.78 is 0. The predicted octanol–water partition coefficient (Wildman–Crippen LogP) is 4.11. The van der Waals surface area contributed by atoms with Crippen LogP contribution in [-0.2, 0) is 11.8 Å². The maximum absolute atomic E-state index is 13.6. The fourth-order valence-corrected chi connectivity index (χ4v) is 8.87. The number of carbonyl (C=O) groups is 1. The number of hydrogen-bond donors (Lipinski definition) is 2. The average molecular weight is 505 g/mol. The number of hydrogen-bond acceptors (Lipinski definition) is 5. The lowest BCUT2D eigenvalue weighted by molar-refractivity contribution is -0.0893. The van der Waals surface area contributed by atoms with Crippen molar-refractivity contribution < 1.29 is 9.90 Å². The number of aryl methyl sites for hydroxylation is 1. The van der Waals surface area contributed by atoms with Crippen LogP contribution >= 0.6 is 0 Å². The van der Waals surface area contributed by atoms with E-state index in [0.29, 0.717) is 17.7 Å². The molecule has 0 spiro atoms. The number of nitrogens with one attached hydrogen (secondary N) is 1. The summed E-state index contributed by atoms with van der Waals surface area (Å²) in [4.78, 5) is 36.8.